The maximum atomic E-state index is 5.43. The largest absolute Gasteiger partial charge is 0.380 e. The lowest BCUT2D eigenvalue weighted by Crippen LogP contribution is -2.29. The molecule has 0 spiro atoms. The SMILES string of the molecule is CCNC(CCN1CCC(OC)C1)c1cccc(Br)c1. The van der Waals surface area contributed by atoms with Gasteiger partial charge in [0.1, 0.15) is 0 Å². The summed E-state index contributed by atoms with van der Waals surface area (Å²) in [4.78, 5) is 2.51. The maximum absolute atomic E-state index is 5.43. The summed E-state index contributed by atoms with van der Waals surface area (Å²) >= 11 is 3.56. The van der Waals surface area contributed by atoms with Crippen molar-refractivity contribution in [1.29, 1.82) is 0 Å². The van der Waals surface area contributed by atoms with Crippen LogP contribution >= 0.6 is 15.9 Å². The maximum Gasteiger partial charge on any atom is 0.0710 e. The van der Waals surface area contributed by atoms with Gasteiger partial charge in [-0.15, -0.1) is 0 Å². The molecule has 0 bridgehead atoms. The van der Waals surface area contributed by atoms with Crippen LogP contribution in [-0.2, 0) is 4.74 Å². The lowest BCUT2D eigenvalue weighted by molar-refractivity contribution is 0.107. The number of hydrogen-bond donors (Lipinski definition) is 1. The zero-order valence-electron chi connectivity index (χ0n) is 12.4. The molecule has 1 fully saturated rings. The van der Waals surface area contributed by atoms with Gasteiger partial charge in [-0.2, -0.15) is 0 Å². The Bertz CT molecular complexity index is 413. The quantitative estimate of drug-likeness (QED) is 0.824. The second-order valence-corrected chi connectivity index (χ2v) is 6.32. The molecule has 112 valence electrons. The number of halogens is 1. The summed E-state index contributed by atoms with van der Waals surface area (Å²) in [6, 6.07) is 9.05. The third kappa shape index (κ3) is 4.55. The predicted molar refractivity (Wildman–Crippen MR) is 87.0 cm³/mol. The minimum absolute atomic E-state index is 0.429. The number of benzene rings is 1. The first-order valence-corrected chi connectivity index (χ1v) is 8.26. The van der Waals surface area contributed by atoms with Gasteiger partial charge in [0.05, 0.1) is 6.10 Å². The Hall–Kier alpha value is -0.420. The standard InChI is InChI=1S/C16H25BrN2O/c1-3-18-16(13-5-4-6-14(17)11-13)8-10-19-9-7-15(12-19)20-2/h4-6,11,15-16,18H,3,7-10,12H2,1-2H3. The predicted octanol–water partition coefficient (Wildman–Crippen LogP) is 3.21. The summed E-state index contributed by atoms with van der Waals surface area (Å²) in [6.07, 6.45) is 2.73. The molecule has 0 radical (unpaired) electrons. The van der Waals surface area contributed by atoms with Crippen molar-refractivity contribution in [1.82, 2.24) is 10.2 Å². The van der Waals surface area contributed by atoms with Crippen LogP contribution in [-0.4, -0.2) is 44.3 Å². The van der Waals surface area contributed by atoms with Crippen molar-refractivity contribution in [3.8, 4) is 0 Å². The Morgan fingerprint density at radius 2 is 2.35 bits per heavy atom. The number of methoxy groups -OCH3 is 1. The monoisotopic (exact) mass is 340 g/mol. The highest BCUT2D eigenvalue weighted by Gasteiger charge is 2.22. The summed E-state index contributed by atoms with van der Waals surface area (Å²) in [7, 11) is 1.82. The summed E-state index contributed by atoms with van der Waals surface area (Å²) in [5, 5.41) is 3.60. The van der Waals surface area contributed by atoms with Gasteiger partial charge < -0.3 is 15.0 Å². The molecular formula is C16H25BrN2O. The first kappa shape index (κ1) is 16.0. The molecule has 4 heteroatoms. The summed E-state index contributed by atoms with van der Waals surface area (Å²) in [6.45, 7) is 6.54. The van der Waals surface area contributed by atoms with E-state index in [0.717, 1.165) is 37.1 Å². The third-order valence-electron chi connectivity index (χ3n) is 4.00. The summed E-state index contributed by atoms with van der Waals surface area (Å²) in [5.41, 5.74) is 1.36. The highest BCUT2D eigenvalue weighted by atomic mass is 79.9. The van der Waals surface area contributed by atoms with E-state index < -0.39 is 0 Å². The first-order chi connectivity index (χ1) is 9.72. The molecule has 1 aromatic rings. The van der Waals surface area contributed by atoms with Crippen LogP contribution in [0.3, 0.4) is 0 Å². The normalized spacial score (nSPS) is 21.2. The topological polar surface area (TPSA) is 24.5 Å². The van der Waals surface area contributed by atoms with E-state index in [2.05, 4.69) is 57.3 Å². The van der Waals surface area contributed by atoms with Crippen molar-refractivity contribution in [2.24, 2.45) is 0 Å². The fraction of sp³-hybridized carbons (Fsp3) is 0.625. The van der Waals surface area contributed by atoms with E-state index in [-0.39, 0.29) is 0 Å². The van der Waals surface area contributed by atoms with Crippen LogP contribution in [0.25, 0.3) is 0 Å². The molecule has 20 heavy (non-hydrogen) atoms. The number of rotatable bonds is 7. The fourth-order valence-electron chi connectivity index (χ4n) is 2.86. The van der Waals surface area contributed by atoms with Gasteiger partial charge in [-0.25, -0.2) is 0 Å². The second kappa shape index (κ2) is 8.13. The minimum atomic E-state index is 0.429. The molecule has 1 aliphatic rings. The van der Waals surface area contributed by atoms with Crippen molar-refractivity contribution >= 4 is 15.9 Å². The minimum Gasteiger partial charge on any atom is -0.380 e. The van der Waals surface area contributed by atoms with E-state index in [1.54, 1.807) is 0 Å². The van der Waals surface area contributed by atoms with Gasteiger partial charge in [0, 0.05) is 37.3 Å². The van der Waals surface area contributed by atoms with Gasteiger partial charge >= 0.3 is 0 Å². The van der Waals surface area contributed by atoms with E-state index in [4.69, 9.17) is 4.74 Å². The molecular weight excluding hydrogens is 316 g/mol. The Balaban J connectivity index is 1.89. The van der Waals surface area contributed by atoms with Gasteiger partial charge in [0.2, 0.25) is 0 Å². The van der Waals surface area contributed by atoms with Crippen LogP contribution in [0.5, 0.6) is 0 Å². The summed E-state index contributed by atoms with van der Waals surface area (Å²) in [5.74, 6) is 0. The molecule has 1 aliphatic heterocycles. The average Bonchev–Trinajstić information content (AvgIpc) is 2.91. The van der Waals surface area contributed by atoms with Crippen LogP contribution in [0, 0.1) is 0 Å². The van der Waals surface area contributed by atoms with Crippen molar-refractivity contribution in [3.05, 3.63) is 34.3 Å². The van der Waals surface area contributed by atoms with E-state index in [1.807, 2.05) is 7.11 Å². The van der Waals surface area contributed by atoms with E-state index in [1.165, 1.54) is 12.0 Å². The lowest BCUT2D eigenvalue weighted by Gasteiger charge is -2.22. The number of nitrogens with zero attached hydrogens (tertiary/aromatic N) is 1. The van der Waals surface area contributed by atoms with Crippen molar-refractivity contribution in [2.45, 2.75) is 31.9 Å². The van der Waals surface area contributed by atoms with Crippen LogP contribution in [0.15, 0.2) is 28.7 Å². The lowest BCUT2D eigenvalue weighted by atomic mass is 10.0. The van der Waals surface area contributed by atoms with E-state index in [9.17, 15) is 0 Å². The first-order valence-electron chi connectivity index (χ1n) is 7.47. The molecule has 2 rings (SSSR count). The molecule has 0 aliphatic carbocycles. The second-order valence-electron chi connectivity index (χ2n) is 5.40. The summed E-state index contributed by atoms with van der Waals surface area (Å²) < 4.78 is 6.58. The van der Waals surface area contributed by atoms with Gasteiger partial charge in [0.25, 0.3) is 0 Å². The Morgan fingerprint density at radius 1 is 1.50 bits per heavy atom. The van der Waals surface area contributed by atoms with E-state index >= 15 is 0 Å². The average molecular weight is 341 g/mol. The Labute approximate surface area is 130 Å². The number of likely N-dealkylation sites (tertiary alicyclic amines) is 1. The van der Waals surface area contributed by atoms with E-state index in [0.29, 0.717) is 12.1 Å². The highest BCUT2D eigenvalue weighted by molar-refractivity contribution is 9.10. The van der Waals surface area contributed by atoms with Crippen LogP contribution < -0.4 is 5.32 Å². The molecule has 2 atom stereocenters. The van der Waals surface area contributed by atoms with Gasteiger partial charge in [-0.1, -0.05) is 35.0 Å². The van der Waals surface area contributed by atoms with Gasteiger partial charge in [0.15, 0.2) is 0 Å². The van der Waals surface area contributed by atoms with Gasteiger partial charge in [-0.05, 0) is 37.1 Å². The molecule has 1 N–H and O–H groups in total. The van der Waals surface area contributed by atoms with Crippen molar-refractivity contribution < 1.29 is 4.74 Å². The molecule has 0 saturated carbocycles. The molecule has 2 unspecified atom stereocenters. The Kier molecular flexibility index (Phi) is 6.49. The molecule has 0 aromatic heterocycles. The molecule has 1 saturated heterocycles. The third-order valence-corrected chi connectivity index (χ3v) is 4.49. The van der Waals surface area contributed by atoms with Crippen molar-refractivity contribution in [2.75, 3.05) is 33.3 Å². The number of ether oxygens (including phenoxy) is 1. The van der Waals surface area contributed by atoms with Crippen LogP contribution in [0.4, 0.5) is 0 Å². The van der Waals surface area contributed by atoms with Crippen LogP contribution in [0.1, 0.15) is 31.4 Å². The zero-order chi connectivity index (χ0) is 14.4. The molecule has 1 heterocycles. The molecule has 0 amide bonds. The highest BCUT2D eigenvalue weighted by Crippen LogP contribution is 2.22. The fourth-order valence-corrected chi connectivity index (χ4v) is 3.28. The van der Waals surface area contributed by atoms with Gasteiger partial charge in [-0.3, -0.25) is 0 Å². The molecule has 1 aromatic carbocycles. The number of hydrogen-bond acceptors (Lipinski definition) is 3. The Morgan fingerprint density at radius 3 is 3.00 bits per heavy atom. The molecule has 3 nitrogen and oxygen atoms in total. The zero-order valence-corrected chi connectivity index (χ0v) is 14.0. The van der Waals surface area contributed by atoms with Crippen molar-refractivity contribution in [3.63, 3.8) is 0 Å². The number of nitrogens with one attached hydrogen (secondary N) is 1. The van der Waals surface area contributed by atoms with Crippen LogP contribution in [0.2, 0.25) is 0 Å². The smallest absolute Gasteiger partial charge is 0.0710 e.